The smallest absolute Gasteiger partial charge is 0.250 e. The van der Waals surface area contributed by atoms with E-state index in [1.54, 1.807) is 12.1 Å². The summed E-state index contributed by atoms with van der Waals surface area (Å²) < 4.78 is 26.7. The van der Waals surface area contributed by atoms with Crippen LogP contribution in [0.15, 0.2) is 23.1 Å². The molecule has 2 atom stereocenters. The van der Waals surface area contributed by atoms with Gasteiger partial charge in [0.05, 0.1) is 16.3 Å². The number of nitrogens with zero attached hydrogens (tertiary/aromatic N) is 4. The number of anilines is 2. The summed E-state index contributed by atoms with van der Waals surface area (Å²) in [7, 11) is -0.707. The number of benzene rings is 1. The van der Waals surface area contributed by atoms with Crippen molar-refractivity contribution in [2.24, 2.45) is 0 Å². The van der Waals surface area contributed by atoms with E-state index in [0.717, 1.165) is 55.3 Å². The number of amides is 2. The maximum Gasteiger partial charge on any atom is 0.250 e. The minimum absolute atomic E-state index is 0.111. The Labute approximate surface area is 203 Å². The van der Waals surface area contributed by atoms with Crippen LogP contribution in [0.3, 0.4) is 0 Å². The molecule has 34 heavy (non-hydrogen) atoms. The summed E-state index contributed by atoms with van der Waals surface area (Å²) in [5, 5.41) is 2.97. The monoisotopic (exact) mass is 491 g/mol. The average Bonchev–Trinajstić information content (AvgIpc) is 3.36. The molecular formula is C24H37N5O4S. The first-order chi connectivity index (χ1) is 16.2. The highest BCUT2D eigenvalue weighted by molar-refractivity contribution is 7.89. The molecule has 2 amide bonds. The third-order valence-electron chi connectivity index (χ3n) is 7.33. The first-order valence-corrected chi connectivity index (χ1v) is 13.8. The van der Waals surface area contributed by atoms with Crippen LogP contribution in [-0.2, 0) is 19.6 Å². The van der Waals surface area contributed by atoms with Gasteiger partial charge in [0, 0.05) is 33.2 Å². The van der Waals surface area contributed by atoms with Crippen LogP contribution >= 0.6 is 0 Å². The Hall–Kier alpha value is -2.17. The Morgan fingerprint density at radius 3 is 2.53 bits per heavy atom. The third-order valence-corrected chi connectivity index (χ3v) is 9.14. The minimum Gasteiger partial charge on any atom is -0.358 e. The van der Waals surface area contributed by atoms with Crippen LogP contribution in [0.4, 0.5) is 11.4 Å². The van der Waals surface area contributed by atoms with Gasteiger partial charge in [-0.15, -0.1) is 0 Å². The van der Waals surface area contributed by atoms with E-state index in [4.69, 9.17) is 0 Å². The lowest BCUT2D eigenvalue weighted by Crippen LogP contribution is -2.57. The zero-order chi connectivity index (χ0) is 24.5. The molecule has 1 N–H and O–H groups in total. The Balaban J connectivity index is 1.52. The minimum atomic E-state index is -3.67. The summed E-state index contributed by atoms with van der Waals surface area (Å²) >= 11 is 0. The highest BCUT2D eigenvalue weighted by Gasteiger charge is 2.40. The fraction of sp³-hybridized carbons (Fsp3) is 0.667. The lowest BCUT2D eigenvalue weighted by atomic mass is 9.96. The van der Waals surface area contributed by atoms with Crippen LogP contribution in [-0.4, -0.2) is 88.3 Å². The molecule has 3 heterocycles. The second-order valence-electron chi connectivity index (χ2n) is 9.80. The summed E-state index contributed by atoms with van der Waals surface area (Å²) in [6, 6.07) is 5.01. The number of carbonyl (C=O) groups is 2. The molecule has 0 spiro atoms. The molecule has 2 fully saturated rings. The van der Waals surface area contributed by atoms with Crippen LogP contribution in [0.2, 0.25) is 0 Å². The van der Waals surface area contributed by atoms with Gasteiger partial charge >= 0.3 is 0 Å². The molecule has 9 nitrogen and oxygen atoms in total. The number of piperidine rings is 1. The van der Waals surface area contributed by atoms with Crippen LogP contribution < -0.4 is 15.1 Å². The van der Waals surface area contributed by atoms with Gasteiger partial charge in [0.25, 0.3) is 0 Å². The van der Waals surface area contributed by atoms with Crippen LogP contribution in [0, 0.1) is 0 Å². The fourth-order valence-electron chi connectivity index (χ4n) is 5.26. The maximum atomic E-state index is 13.4. The summed E-state index contributed by atoms with van der Waals surface area (Å²) in [5.41, 5.74) is 1.31. The zero-order valence-corrected chi connectivity index (χ0v) is 21.3. The maximum absolute atomic E-state index is 13.4. The van der Waals surface area contributed by atoms with Crippen molar-refractivity contribution < 1.29 is 18.0 Å². The topological polar surface area (TPSA) is 93.3 Å². The summed E-state index contributed by atoms with van der Waals surface area (Å²) in [4.78, 5) is 32.4. The summed E-state index contributed by atoms with van der Waals surface area (Å²) in [6.07, 6.45) is 6.01. The molecule has 1 aromatic rings. The van der Waals surface area contributed by atoms with Gasteiger partial charge in [0.15, 0.2) is 0 Å². The number of hydrogen-bond acceptors (Lipinski definition) is 6. The average molecular weight is 492 g/mol. The predicted octanol–water partition coefficient (Wildman–Crippen LogP) is 1.63. The second kappa shape index (κ2) is 10.2. The van der Waals surface area contributed by atoms with E-state index in [9.17, 15) is 18.0 Å². The highest BCUT2D eigenvalue weighted by atomic mass is 32.2. The van der Waals surface area contributed by atoms with E-state index in [1.807, 2.05) is 0 Å². The molecular weight excluding hydrogens is 454 g/mol. The normalized spacial score (nSPS) is 22.0. The highest BCUT2D eigenvalue weighted by Crippen LogP contribution is 2.40. The number of hydrogen-bond donors (Lipinski definition) is 1. The van der Waals surface area contributed by atoms with Gasteiger partial charge in [0.2, 0.25) is 21.8 Å². The molecule has 0 radical (unpaired) electrons. The Kier molecular flexibility index (Phi) is 7.49. The van der Waals surface area contributed by atoms with Gasteiger partial charge in [-0.3, -0.25) is 14.5 Å². The lowest BCUT2D eigenvalue weighted by molar-refractivity contribution is -0.125. The molecule has 0 bridgehead atoms. The van der Waals surface area contributed by atoms with Crippen molar-refractivity contribution in [3.8, 4) is 0 Å². The van der Waals surface area contributed by atoms with Crippen LogP contribution in [0.25, 0.3) is 0 Å². The number of nitrogens with one attached hydrogen (secondary N) is 1. The van der Waals surface area contributed by atoms with Gasteiger partial charge < -0.3 is 15.1 Å². The number of fused-ring (bicyclic) bond motifs is 3. The molecule has 0 aromatic heterocycles. The number of likely N-dealkylation sites (tertiary alicyclic amines) is 1. The number of sulfonamides is 1. The second-order valence-corrected chi connectivity index (χ2v) is 11.9. The van der Waals surface area contributed by atoms with Crippen molar-refractivity contribution in [1.29, 1.82) is 0 Å². The first-order valence-electron chi connectivity index (χ1n) is 12.4. The quantitative estimate of drug-likeness (QED) is 0.594. The molecule has 1 aromatic carbocycles. The Morgan fingerprint density at radius 2 is 1.82 bits per heavy atom. The van der Waals surface area contributed by atoms with Gasteiger partial charge in [0.1, 0.15) is 12.6 Å². The van der Waals surface area contributed by atoms with Crippen molar-refractivity contribution in [2.45, 2.75) is 62.4 Å². The molecule has 0 saturated carbocycles. The van der Waals surface area contributed by atoms with E-state index in [0.29, 0.717) is 18.3 Å². The van der Waals surface area contributed by atoms with E-state index in [2.05, 4.69) is 22.0 Å². The lowest BCUT2D eigenvalue weighted by Gasteiger charge is -2.45. The van der Waals surface area contributed by atoms with Gasteiger partial charge in [-0.05, 0) is 76.7 Å². The first kappa shape index (κ1) is 24.9. The fourth-order valence-corrected chi connectivity index (χ4v) is 6.18. The number of carbonyl (C=O) groups excluding carboxylic acids is 2. The Morgan fingerprint density at radius 1 is 1.12 bits per heavy atom. The molecule has 3 aliphatic rings. The van der Waals surface area contributed by atoms with Crippen LogP contribution in [0.1, 0.15) is 45.4 Å². The summed E-state index contributed by atoms with van der Waals surface area (Å²) in [5.74, 6) is -0.356. The van der Waals surface area contributed by atoms with Crippen LogP contribution in [0.5, 0.6) is 0 Å². The molecule has 3 aliphatic heterocycles. The SMILES string of the molecule is C[C@@H](CCNC(=O)CN1C(=O)[C@H]2CCCCN2c2ccc(S(=O)(=O)N(C)C)cc21)N1CCCC1. The third kappa shape index (κ3) is 4.94. The molecule has 4 rings (SSSR count). The van der Waals surface area contributed by atoms with Gasteiger partial charge in [-0.25, -0.2) is 12.7 Å². The zero-order valence-electron chi connectivity index (χ0n) is 20.5. The Bertz CT molecular complexity index is 1020. The molecule has 188 valence electrons. The largest absolute Gasteiger partial charge is 0.358 e. The van der Waals surface area contributed by atoms with Crippen molar-refractivity contribution in [3.63, 3.8) is 0 Å². The van der Waals surface area contributed by atoms with E-state index in [-0.39, 0.29) is 29.3 Å². The van der Waals surface area contributed by atoms with Crippen molar-refractivity contribution in [2.75, 3.05) is 56.6 Å². The van der Waals surface area contributed by atoms with Gasteiger partial charge in [-0.2, -0.15) is 0 Å². The summed E-state index contributed by atoms with van der Waals surface area (Å²) in [6.45, 7) is 5.61. The molecule has 0 unspecified atom stereocenters. The predicted molar refractivity (Wildman–Crippen MR) is 133 cm³/mol. The molecule has 2 saturated heterocycles. The number of rotatable bonds is 8. The standard InChI is InChI=1S/C24H37N5O4S/c1-18(27-13-6-7-14-27)11-12-25-23(30)17-29-22-16-19(34(32,33)26(2)3)9-10-20(22)28-15-5-4-8-21(28)24(29)31/h9-10,16,18,21H,4-8,11-15,17H2,1-3H3,(H,25,30)/t18-,21+/m0/s1. The van der Waals surface area contributed by atoms with Gasteiger partial charge in [-0.1, -0.05) is 0 Å². The molecule has 10 heteroatoms. The van der Waals surface area contributed by atoms with E-state index in [1.165, 1.54) is 37.9 Å². The van der Waals surface area contributed by atoms with Crippen molar-refractivity contribution >= 4 is 33.2 Å². The van der Waals surface area contributed by atoms with Crippen molar-refractivity contribution in [1.82, 2.24) is 14.5 Å². The van der Waals surface area contributed by atoms with E-state index >= 15 is 0 Å². The van der Waals surface area contributed by atoms with E-state index < -0.39 is 10.0 Å². The molecule has 0 aliphatic carbocycles. The van der Waals surface area contributed by atoms with Crippen molar-refractivity contribution in [3.05, 3.63) is 18.2 Å².